The molecule has 0 saturated carbocycles. The molecule has 0 saturated heterocycles. The van der Waals surface area contributed by atoms with Gasteiger partial charge >= 0.3 is 0 Å². The molecule has 1 N–H and O–H groups in total. The van der Waals surface area contributed by atoms with Crippen molar-refractivity contribution in [1.82, 2.24) is 10.3 Å². The van der Waals surface area contributed by atoms with E-state index in [1.165, 1.54) is 31.2 Å². The van der Waals surface area contributed by atoms with Crippen LogP contribution in [0.3, 0.4) is 0 Å². The van der Waals surface area contributed by atoms with Gasteiger partial charge in [-0.25, -0.2) is 0 Å². The van der Waals surface area contributed by atoms with E-state index in [1.54, 1.807) is 0 Å². The third-order valence-electron chi connectivity index (χ3n) is 3.63. The summed E-state index contributed by atoms with van der Waals surface area (Å²) in [6, 6.07) is 2.05. The Morgan fingerprint density at radius 2 is 2.10 bits per heavy atom. The quantitative estimate of drug-likeness (QED) is 0.617. The molecule has 0 radical (unpaired) electrons. The predicted octanol–water partition coefficient (Wildman–Crippen LogP) is 4.18. The Hall–Kier alpha value is -1.09. The fourth-order valence-electron chi connectivity index (χ4n) is 2.19. The molecular formula is C17H30N2O. The van der Waals surface area contributed by atoms with E-state index in [0.29, 0.717) is 5.92 Å². The topological polar surface area (TPSA) is 34.1 Å². The van der Waals surface area contributed by atoms with Gasteiger partial charge in [0.25, 0.3) is 0 Å². The summed E-state index contributed by atoms with van der Waals surface area (Å²) in [4.78, 5) is 4.19. The van der Waals surface area contributed by atoms with Crippen LogP contribution in [0.5, 0.6) is 5.75 Å². The van der Waals surface area contributed by atoms with Gasteiger partial charge in [0.2, 0.25) is 0 Å². The molecule has 0 amide bonds. The van der Waals surface area contributed by atoms with Crippen molar-refractivity contribution in [3.05, 3.63) is 24.0 Å². The summed E-state index contributed by atoms with van der Waals surface area (Å²) < 4.78 is 6.02. The Bertz CT molecular complexity index is 355. The zero-order valence-electron chi connectivity index (χ0n) is 13.3. The maximum absolute atomic E-state index is 6.02. The third kappa shape index (κ3) is 6.38. The molecule has 20 heavy (non-hydrogen) atoms. The molecule has 1 atom stereocenters. The Morgan fingerprint density at radius 3 is 2.80 bits per heavy atom. The van der Waals surface area contributed by atoms with Gasteiger partial charge in [-0.15, -0.1) is 0 Å². The van der Waals surface area contributed by atoms with Crippen LogP contribution in [-0.4, -0.2) is 18.1 Å². The molecule has 0 fully saturated rings. The van der Waals surface area contributed by atoms with E-state index in [1.807, 2.05) is 18.5 Å². The molecule has 0 aliphatic heterocycles. The Labute approximate surface area is 124 Å². The normalized spacial score (nSPS) is 12.3. The molecule has 0 bridgehead atoms. The van der Waals surface area contributed by atoms with Crippen molar-refractivity contribution >= 4 is 0 Å². The van der Waals surface area contributed by atoms with Crippen molar-refractivity contribution in [3.8, 4) is 5.75 Å². The summed E-state index contributed by atoms with van der Waals surface area (Å²) >= 11 is 0. The van der Waals surface area contributed by atoms with Crippen molar-refractivity contribution in [1.29, 1.82) is 0 Å². The molecule has 114 valence electrons. The highest BCUT2D eigenvalue weighted by Gasteiger charge is 2.09. The van der Waals surface area contributed by atoms with Gasteiger partial charge in [0.15, 0.2) is 0 Å². The highest BCUT2D eigenvalue weighted by Crippen LogP contribution is 2.19. The smallest absolute Gasteiger partial charge is 0.142 e. The third-order valence-corrected chi connectivity index (χ3v) is 3.63. The average molecular weight is 278 g/mol. The number of unbranched alkanes of at least 4 members (excludes halogenated alkanes) is 1. The molecule has 1 aromatic heterocycles. The Kier molecular flexibility index (Phi) is 9.05. The van der Waals surface area contributed by atoms with Gasteiger partial charge in [-0.1, -0.05) is 40.0 Å². The zero-order chi connectivity index (χ0) is 14.6. The fraction of sp³-hybridized carbons (Fsp3) is 0.706. The number of ether oxygens (including phenoxy) is 1. The second-order valence-electron chi connectivity index (χ2n) is 5.39. The van der Waals surface area contributed by atoms with E-state index in [0.717, 1.165) is 31.9 Å². The van der Waals surface area contributed by atoms with Gasteiger partial charge in [-0.3, -0.25) is 4.98 Å². The van der Waals surface area contributed by atoms with Crippen LogP contribution in [0.4, 0.5) is 0 Å². The van der Waals surface area contributed by atoms with E-state index >= 15 is 0 Å². The van der Waals surface area contributed by atoms with Crippen LogP contribution < -0.4 is 10.1 Å². The number of nitrogens with one attached hydrogen (secondary N) is 1. The molecule has 3 nitrogen and oxygen atoms in total. The SMILES string of the molecule is CCCCC(CC)COc1cnccc1CNCCC. The van der Waals surface area contributed by atoms with Crippen molar-refractivity contribution in [2.45, 2.75) is 59.4 Å². The van der Waals surface area contributed by atoms with Gasteiger partial charge in [0.05, 0.1) is 12.8 Å². The largest absolute Gasteiger partial charge is 0.491 e. The maximum atomic E-state index is 6.02. The minimum absolute atomic E-state index is 0.659. The van der Waals surface area contributed by atoms with Gasteiger partial charge in [-0.05, 0) is 31.4 Å². The molecule has 1 heterocycles. The van der Waals surface area contributed by atoms with Crippen molar-refractivity contribution in [3.63, 3.8) is 0 Å². The van der Waals surface area contributed by atoms with Crippen molar-refractivity contribution in [2.24, 2.45) is 5.92 Å². The maximum Gasteiger partial charge on any atom is 0.142 e. The average Bonchev–Trinajstić information content (AvgIpc) is 2.49. The molecule has 1 aromatic rings. The number of hydrogen-bond acceptors (Lipinski definition) is 3. The van der Waals surface area contributed by atoms with E-state index < -0.39 is 0 Å². The molecule has 1 rings (SSSR count). The number of nitrogens with zero attached hydrogens (tertiary/aromatic N) is 1. The molecule has 0 aromatic carbocycles. The summed E-state index contributed by atoms with van der Waals surface area (Å²) in [5.74, 6) is 1.60. The van der Waals surface area contributed by atoms with Crippen molar-refractivity contribution < 1.29 is 4.74 Å². The van der Waals surface area contributed by atoms with Crippen LogP contribution in [0.2, 0.25) is 0 Å². The lowest BCUT2D eigenvalue weighted by Crippen LogP contribution is -2.16. The molecule has 0 aliphatic carbocycles. The lowest BCUT2D eigenvalue weighted by atomic mass is 10.0. The summed E-state index contributed by atoms with van der Waals surface area (Å²) in [5.41, 5.74) is 1.21. The minimum atomic E-state index is 0.659. The monoisotopic (exact) mass is 278 g/mol. The van der Waals surface area contributed by atoms with E-state index in [9.17, 15) is 0 Å². The first-order chi connectivity index (χ1) is 9.81. The minimum Gasteiger partial charge on any atom is -0.491 e. The Balaban J connectivity index is 2.48. The van der Waals surface area contributed by atoms with Crippen LogP contribution in [-0.2, 0) is 6.54 Å². The van der Waals surface area contributed by atoms with Crippen LogP contribution in [0, 0.1) is 5.92 Å². The van der Waals surface area contributed by atoms with Gasteiger partial charge in [0.1, 0.15) is 5.75 Å². The summed E-state index contributed by atoms with van der Waals surface area (Å²) in [7, 11) is 0. The standard InChI is InChI=1S/C17H30N2O/c1-4-7-8-15(6-3)14-20-17-13-19-11-9-16(17)12-18-10-5-2/h9,11,13,15,18H,4-8,10,12,14H2,1-3H3. The fourth-order valence-corrected chi connectivity index (χ4v) is 2.19. The number of pyridine rings is 1. The summed E-state index contributed by atoms with van der Waals surface area (Å²) in [6.45, 7) is 9.37. The predicted molar refractivity (Wildman–Crippen MR) is 85.0 cm³/mol. The first kappa shape index (κ1) is 17.0. The molecule has 0 spiro atoms. The summed E-state index contributed by atoms with van der Waals surface area (Å²) in [6.07, 6.45) is 9.83. The van der Waals surface area contributed by atoms with Crippen LogP contribution in [0.1, 0.15) is 58.4 Å². The van der Waals surface area contributed by atoms with Crippen LogP contribution in [0.15, 0.2) is 18.5 Å². The number of hydrogen-bond donors (Lipinski definition) is 1. The first-order valence-electron chi connectivity index (χ1n) is 8.08. The molecular weight excluding hydrogens is 248 g/mol. The number of rotatable bonds is 11. The second-order valence-corrected chi connectivity index (χ2v) is 5.39. The molecule has 1 unspecified atom stereocenters. The zero-order valence-corrected chi connectivity index (χ0v) is 13.3. The Morgan fingerprint density at radius 1 is 1.25 bits per heavy atom. The molecule has 3 heteroatoms. The summed E-state index contributed by atoms with van der Waals surface area (Å²) in [5, 5.41) is 3.42. The lowest BCUT2D eigenvalue weighted by molar-refractivity contribution is 0.230. The first-order valence-corrected chi connectivity index (χ1v) is 8.08. The highest BCUT2D eigenvalue weighted by atomic mass is 16.5. The van der Waals surface area contributed by atoms with Crippen LogP contribution in [0.25, 0.3) is 0 Å². The van der Waals surface area contributed by atoms with E-state index in [2.05, 4.69) is 31.1 Å². The van der Waals surface area contributed by atoms with Gasteiger partial charge < -0.3 is 10.1 Å². The van der Waals surface area contributed by atoms with Crippen LogP contribution >= 0.6 is 0 Å². The number of aromatic nitrogens is 1. The van der Waals surface area contributed by atoms with E-state index in [4.69, 9.17) is 4.74 Å². The highest BCUT2D eigenvalue weighted by molar-refractivity contribution is 5.29. The molecule has 0 aliphatic rings. The lowest BCUT2D eigenvalue weighted by Gasteiger charge is -2.17. The van der Waals surface area contributed by atoms with Gasteiger partial charge in [0, 0.05) is 18.3 Å². The van der Waals surface area contributed by atoms with E-state index in [-0.39, 0.29) is 0 Å². The van der Waals surface area contributed by atoms with Crippen molar-refractivity contribution in [2.75, 3.05) is 13.2 Å². The van der Waals surface area contributed by atoms with Gasteiger partial charge in [-0.2, -0.15) is 0 Å². The second kappa shape index (κ2) is 10.7.